The molecule has 0 saturated carbocycles. The van der Waals surface area contributed by atoms with Gasteiger partial charge in [0, 0.05) is 16.8 Å². The molecule has 0 aliphatic carbocycles. The topological polar surface area (TPSA) is 123 Å². The Hall–Kier alpha value is -4.05. The lowest BCUT2D eigenvalue weighted by molar-refractivity contribution is 0.0845. The highest BCUT2D eigenvalue weighted by Gasteiger charge is 2.20. The minimum atomic E-state index is -3.93. The fourth-order valence-corrected chi connectivity index (χ4v) is 4.45. The third-order valence-corrected chi connectivity index (χ3v) is 6.51. The third-order valence-electron chi connectivity index (χ3n) is 5.13. The molecule has 0 spiro atoms. The molecule has 2 amide bonds. The number of nitrogens with one attached hydrogen (secondary N) is 3. The second-order valence-electron chi connectivity index (χ2n) is 7.72. The van der Waals surface area contributed by atoms with Gasteiger partial charge in [0.15, 0.2) is 11.5 Å². The number of anilines is 1. The van der Waals surface area contributed by atoms with E-state index in [0.717, 1.165) is 5.56 Å². The highest BCUT2D eigenvalue weighted by Crippen LogP contribution is 2.30. The van der Waals surface area contributed by atoms with Gasteiger partial charge in [-0.1, -0.05) is 18.2 Å². The molecule has 0 bridgehead atoms. The van der Waals surface area contributed by atoms with Crippen LogP contribution in [0.25, 0.3) is 0 Å². The molecule has 0 unspecified atom stereocenters. The standard InChI is InChI=1S/C24H23N3O6S/c1-15-4-3-5-18(12-15)27-34(30,31)19-8-6-16(2)20(14-19)24(29)26-25-23(28)17-7-9-21-22(13-17)33-11-10-32-21/h3-9,12-14,27H,10-11H2,1-2H3,(H,25,28)(H,26,29). The second-order valence-corrected chi connectivity index (χ2v) is 9.40. The zero-order valence-corrected chi connectivity index (χ0v) is 19.4. The number of hydrogen-bond donors (Lipinski definition) is 3. The summed E-state index contributed by atoms with van der Waals surface area (Å²) >= 11 is 0. The number of rotatable bonds is 5. The van der Waals surface area contributed by atoms with E-state index >= 15 is 0 Å². The summed E-state index contributed by atoms with van der Waals surface area (Å²) in [5.41, 5.74) is 6.89. The van der Waals surface area contributed by atoms with Crippen molar-refractivity contribution in [3.05, 3.63) is 82.9 Å². The number of sulfonamides is 1. The molecular weight excluding hydrogens is 458 g/mol. The summed E-state index contributed by atoms with van der Waals surface area (Å²) in [6.07, 6.45) is 0. The van der Waals surface area contributed by atoms with Crippen LogP contribution >= 0.6 is 0 Å². The van der Waals surface area contributed by atoms with Gasteiger partial charge in [-0.3, -0.25) is 25.2 Å². The van der Waals surface area contributed by atoms with Crippen LogP contribution in [0.5, 0.6) is 11.5 Å². The van der Waals surface area contributed by atoms with Crippen LogP contribution in [-0.2, 0) is 10.0 Å². The van der Waals surface area contributed by atoms with Gasteiger partial charge < -0.3 is 9.47 Å². The Morgan fingerprint density at radius 3 is 2.32 bits per heavy atom. The molecular formula is C24H23N3O6S. The van der Waals surface area contributed by atoms with Crippen LogP contribution in [0.4, 0.5) is 5.69 Å². The summed E-state index contributed by atoms with van der Waals surface area (Å²) in [5.74, 6) is -0.233. The lowest BCUT2D eigenvalue weighted by Gasteiger charge is -2.18. The molecule has 3 aromatic carbocycles. The van der Waals surface area contributed by atoms with Crippen molar-refractivity contribution in [2.24, 2.45) is 0 Å². The van der Waals surface area contributed by atoms with Gasteiger partial charge in [0.1, 0.15) is 13.2 Å². The van der Waals surface area contributed by atoms with Crippen molar-refractivity contribution in [2.75, 3.05) is 17.9 Å². The number of carbonyl (C=O) groups is 2. The van der Waals surface area contributed by atoms with E-state index in [4.69, 9.17) is 9.47 Å². The van der Waals surface area contributed by atoms with Crippen molar-refractivity contribution >= 4 is 27.5 Å². The van der Waals surface area contributed by atoms with Crippen molar-refractivity contribution in [3.63, 3.8) is 0 Å². The number of ether oxygens (including phenoxy) is 2. The van der Waals surface area contributed by atoms with Crippen LogP contribution in [0.1, 0.15) is 31.8 Å². The molecule has 0 saturated heterocycles. The highest BCUT2D eigenvalue weighted by atomic mass is 32.2. The summed E-state index contributed by atoms with van der Waals surface area (Å²) in [4.78, 5) is 25.1. The van der Waals surface area contributed by atoms with Gasteiger partial charge in [-0.05, 0) is 67.4 Å². The molecule has 4 rings (SSSR count). The van der Waals surface area contributed by atoms with E-state index in [1.807, 2.05) is 13.0 Å². The maximum Gasteiger partial charge on any atom is 0.270 e. The minimum absolute atomic E-state index is 0.0806. The van der Waals surface area contributed by atoms with Crippen LogP contribution in [-0.4, -0.2) is 33.4 Å². The molecule has 0 atom stereocenters. The van der Waals surface area contributed by atoms with Crippen molar-refractivity contribution < 1.29 is 27.5 Å². The lowest BCUT2D eigenvalue weighted by atomic mass is 10.1. The van der Waals surface area contributed by atoms with E-state index in [0.29, 0.717) is 36.0 Å². The molecule has 0 aromatic heterocycles. The van der Waals surface area contributed by atoms with E-state index in [9.17, 15) is 18.0 Å². The Morgan fingerprint density at radius 2 is 1.56 bits per heavy atom. The first-order chi connectivity index (χ1) is 16.2. The molecule has 34 heavy (non-hydrogen) atoms. The van der Waals surface area contributed by atoms with Crippen LogP contribution in [0.15, 0.2) is 65.6 Å². The number of benzene rings is 3. The summed E-state index contributed by atoms with van der Waals surface area (Å²) in [6.45, 7) is 4.34. The quantitative estimate of drug-likeness (QED) is 0.482. The predicted molar refractivity (Wildman–Crippen MR) is 126 cm³/mol. The Morgan fingerprint density at radius 1 is 0.824 bits per heavy atom. The second kappa shape index (κ2) is 9.44. The molecule has 9 nitrogen and oxygen atoms in total. The number of hydrazine groups is 1. The number of aryl methyl sites for hydroxylation is 2. The number of carbonyl (C=O) groups excluding carboxylic acids is 2. The first-order valence-corrected chi connectivity index (χ1v) is 11.9. The lowest BCUT2D eigenvalue weighted by Crippen LogP contribution is -2.42. The van der Waals surface area contributed by atoms with Gasteiger partial charge in [0.25, 0.3) is 21.8 Å². The van der Waals surface area contributed by atoms with Gasteiger partial charge in [0.2, 0.25) is 0 Å². The Labute approximate surface area is 197 Å². The molecule has 0 radical (unpaired) electrons. The Balaban J connectivity index is 1.47. The number of hydrogen-bond acceptors (Lipinski definition) is 6. The summed E-state index contributed by atoms with van der Waals surface area (Å²) in [5, 5.41) is 0. The van der Waals surface area contributed by atoms with Gasteiger partial charge >= 0.3 is 0 Å². The van der Waals surface area contributed by atoms with E-state index in [2.05, 4.69) is 15.6 Å². The fourth-order valence-electron chi connectivity index (χ4n) is 3.37. The zero-order valence-electron chi connectivity index (χ0n) is 18.5. The van der Waals surface area contributed by atoms with Crippen LogP contribution in [0.3, 0.4) is 0 Å². The fraction of sp³-hybridized carbons (Fsp3) is 0.167. The molecule has 176 valence electrons. The number of fused-ring (bicyclic) bond motifs is 1. The van der Waals surface area contributed by atoms with E-state index < -0.39 is 21.8 Å². The van der Waals surface area contributed by atoms with Crippen molar-refractivity contribution in [1.82, 2.24) is 10.9 Å². The first-order valence-electron chi connectivity index (χ1n) is 10.4. The average molecular weight is 482 g/mol. The van der Waals surface area contributed by atoms with E-state index in [-0.39, 0.29) is 16.0 Å². The maximum atomic E-state index is 12.8. The zero-order chi connectivity index (χ0) is 24.3. The summed E-state index contributed by atoms with van der Waals surface area (Å²) in [7, 11) is -3.93. The van der Waals surface area contributed by atoms with Crippen LogP contribution in [0, 0.1) is 13.8 Å². The molecule has 3 aromatic rings. The molecule has 1 aliphatic rings. The smallest absolute Gasteiger partial charge is 0.270 e. The van der Waals surface area contributed by atoms with Gasteiger partial charge in [-0.2, -0.15) is 0 Å². The normalized spacial score (nSPS) is 12.5. The molecule has 3 N–H and O–H groups in total. The van der Waals surface area contributed by atoms with Gasteiger partial charge in [-0.25, -0.2) is 8.42 Å². The van der Waals surface area contributed by atoms with Crippen molar-refractivity contribution in [3.8, 4) is 11.5 Å². The first kappa shape index (κ1) is 23.1. The van der Waals surface area contributed by atoms with Gasteiger partial charge in [0.05, 0.1) is 4.90 Å². The van der Waals surface area contributed by atoms with Crippen molar-refractivity contribution in [2.45, 2.75) is 18.7 Å². The summed E-state index contributed by atoms with van der Waals surface area (Å²) in [6, 6.07) is 15.8. The number of amides is 2. The monoisotopic (exact) mass is 481 g/mol. The Bertz CT molecular complexity index is 1370. The molecule has 0 fully saturated rings. The third kappa shape index (κ3) is 5.12. The highest BCUT2D eigenvalue weighted by molar-refractivity contribution is 7.92. The van der Waals surface area contributed by atoms with E-state index in [1.54, 1.807) is 37.3 Å². The predicted octanol–water partition coefficient (Wildman–Crippen LogP) is 2.95. The maximum absolute atomic E-state index is 12.8. The van der Waals surface area contributed by atoms with Crippen LogP contribution in [0.2, 0.25) is 0 Å². The minimum Gasteiger partial charge on any atom is -0.486 e. The molecule has 1 heterocycles. The molecule has 10 heteroatoms. The average Bonchev–Trinajstić information content (AvgIpc) is 2.82. The molecule has 1 aliphatic heterocycles. The summed E-state index contributed by atoms with van der Waals surface area (Å²) < 4.78 is 39.1. The van der Waals surface area contributed by atoms with E-state index in [1.165, 1.54) is 24.3 Å². The van der Waals surface area contributed by atoms with Crippen LogP contribution < -0.4 is 25.0 Å². The van der Waals surface area contributed by atoms with Crippen molar-refractivity contribution in [1.29, 1.82) is 0 Å². The van der Waals surface area contributed by atoms with Gasteiger partial charge in [-0.15, -0.1) is 0 Å². The largest absolute Gasteiger partial charge is 0.486 e. The Kier molecular flexibility index (Phi) is 6.42. The SMILES string of the molecule is Cc1cccc(NS(=O)(=O)c2ccc(C)c(C(=O)NNC(=O)c3ccc4c(c3)OCCO4)c2)c1.